The summed E-state index contributed by atoms with van der Waals surface area (Å²) in [4.78, 5) is 22.3. The molecule has 38 heavy (non-hydrogen) atoms. The number of hydrogen-bond donors (Lipinski definition) is 2. The highest BCUT2D eigenvalue weighted by molar-refractivity contribution is 7.90. The molecular weight excluding hydrogens is 523 g/mol. The molecular formula is C25H26F3N5O4S. The second kappa shape index (κ2) is 10.9. The molecule has 1 aliphatic heterocycles. The number of rotatable bonds is 8. The van der Waals surface area contributed by atoms with Gasteiger partial charge in [0.1, 0.15) is 17.1 Å². The van der Waals surface area contributed by atoms with Crippen LogP contribution < -0.4 is 15.4 Å². The Morgan fingerprint density at radius 3 is 2.50 bits per heavy atom. The first-order valence-corrected chi connectivity index (χ1v) is 13.6. The summed E-state index contributed by atoms with van der Waals surface area (Å²) in [5.41, 5.74) is -0.0530. The van der Waals surface area contributed by atoms with Crippen molar-refractivity contribution >= 4 is 33.2 Å². The molecule has 202 valence electrons. The van der Waals surface area contributed by atoms with Gasteiger partial charge >= 0.3 is 6.18 Å². The van der Waals surface area contributed by atoms with Gasteiger partial charge in [0.25, 0.3) is 5.91 Å². The van der Waals surface area contributed by atoms with Crippen LogP contribution in [0.25, 0.3) is 0 Å². The van der Waals surface area contributed by atoms with Gasteiger partial charge in [0.05, 0.1) is 17.7 Å². The second-order valence-corrected chi connectivity index (χ2v) is 10.7. The van der Waals surface area contributed by atoms with Crippen molar-refractivity contribution in [2.45, 2.75) is 30.5 Å². The van der Waals surface area contributed by atoms with Gasteiger partial charge in [-0.05, 0) is 42.7 Å². The Kier molecular flexibility index (Phi) is 7.76. The summed E-state index contributed by atoms with van der Waals surface area (Å²) in [6.45, 7) is 1.15. The minimum atomic E-state index is -4.76. The molecule has 0 atom stereocenters. The van der Waals surface area contributed by atoms with E-state index in [0.717, 1.165) is 19.1 Å². The summed E-state index contributed by atoms with van der Waals surface area (Å²) in [7, 11) is -2.19. The molecule has 1 amide bonds. The summed E-state index contributed by atoms with van der Waals surface area (Å²) >= 11 is 0. The lowest BCUT2D eigenvalue weighted by molar-refractivity contribution is -0.137. The van der Waals surface area contributed by atoms with Gasteiger partial charge < -0.3 is 20.3 Å². The van der Waals surface area contributed by atoms with Gasteiger partial charge in [0, 0.05) is 37.7 Å². The number of carbonyl (C=O) groups is 1. The van der Waals surface area contributed by atoms with Crippen molar-refractivity contribution in [3.63, 3.8) is 0 Å². The number of alkyl halides is 3. The first-order valence-electron chi connectivity index (χ1n) is 11.7. The maximum absolute atomic E-state index is 13.7. The number of hydrogen-bond acceptors (Lipinski definition) is 8. The SMILES string of the molecule is COc1cc(C(=O)N2CCCC2)ccc1Nc1ncc(C(F)(F)F)c(NCc2ccccc2S(C)(=O)=O)n1. The Morgan fingerprint density at radius 2 is 1.84 bits per heavy atom. The van der Waals surface area contributed by atoms with Crippen molar-refractivity contribution in [3.8, 4) is 5.75 Å². The monoisotopic (exact) mass is 549 g/mol. The third kappa shape index (κ3) is 6.15. The van der Waals surface area contributed by atoms with Crippen molar-refractivity contribution in [2.24, 2.45) is 0 Å². The van der Waals surface area contributed by atoms with Gasteiger partial charge in [0.15, 0.2) is 9.84 Å². The molecule has 1 fully saturated rings. The highest BCUT2D eigenvalue weighted by Crippen LogP contribution is 2.35. The molecule has 0 unspecified atom stereocenters. The van der Waals surface area contributed by atoms with E-state index >= 15 is 0 Å². The Morgan fingerprint density at radius 1 is 1.13 bits per heavy atom. The lowest BCUT2D eigenvalue weighted by Crippen LogP contribution is -2.27. The fraction of sp³-hybridized carbons (Fsp3) is 0.320. The van der Waals surface area contributed by atoms with E-state index in [9.17, 15) is 26.4 Å². The van der Waals surface area contributed by atoms with Crippen molar-refractivity contribution < 1.29 is 31.1 Å². The van der Waals surface area contributed by atoms with Crippen molar-refractivity contribution in [2.75, 3.05) is 37.1 Å². The van der Waals surface area contributed by atoms with Crippen LogP contribution in [-0.4, -0.2) is 55.6 Å². The molecule has 1 saturated heterocycles. The van der Waals surface area contributed by atoms with Gasteiger partial charge in [-0.2, -0.15) is 18.2 Å². The first-order chi connectivity index (χ1) is 18.0. The van der Waals surface area contributed by atoms with Crippen LogP contribution in [0.4, 0.5) is 30.6 Å². The fourth-order valence-electron chi connectivity index (χ4n) is 4.13. The number of nitrogens with zero attached hydrogens (tertiary/aromatic N) is 3. The van der Waals surface area contributed by atoms with Gasteiger partial charge in [0.2, 0.25) is 5.95 Å². The molecule has 1 aromatic heterocycles. The molecule has 1 aliphatic rings. The van der Waals surface area contributed by atoms with E-state index in [4.69, 9.17) is 4.74 Å². The van der Waals surface area contributed by atoms with E-state index in [-0.39, 0.29) is 34.6 Å². The Labute approximate surface area is 218 Å². The number of aromatic nitrogens is 2. The summed E-state index contributed by atoms with van der Waals surface area (Å²) in [6.07, 6.45) is -1.20. The third-order valence-electron chi connectivity index (χ3n) is 6.00. The molecule has 2 aromatic carbocycles. The van der Waals surface area contributed by atoms with Crippen molar-refractivity contribution in [1.82, 2.24) is 14.9 Å². The van der Waals surface area contributed by atoms with E-state index in [0.29, 0.717) is 30.5 Å². The van der Waals surface area contributed by atoms with Crippen LogP contribution >= 0.6 is 0 Å². The van der Waals surface area contributed by atoms with Crippen LogP contribution in [0.1, 0.15) is 34.3 Å². The van der Waals surface area contributed by atoms with Gasteiger partial charge in [-0.3, -0.25) is 4.79 Å². The number of ether oxygens (including phenoxy) is 1. The van der Waals surface area contributed by atoms with Gasteiger partial charge in [-0.1, -0.05) is 18.2 Å². The third-order valence-corrected chi connectivity index (χ3v) is 7.20. The lowest BCUT2D eigenvalue weighted by Gasteiger charge is -2.18. The van der Waals surface area contributed by atoms with Crippen LogP contribution in [0, 0.1) is 0 Å². The normalized spacial score (nSPS) is 13.9. The molecule has 0 saturated carbocycles. The van der Waals surface area contributed by atoms with E-state index in [1.54, 1.807) is 29.2 Å². The summed E-state index contributed by atoms with van der Waals surface area (Å²) in [5, 5.41) is 5.44. The topological polar surface area (TPSA) is 114 Å². The number of sulfone groups is 1. The largest absolute Gasteiger partial charge is 0.495 e. The van der Waals surface area contributed by atoms with Crippen LogP contribution in [0.2, 0.25) is 0 Å². The predicted octanol–water partition coefficient (Wildman–Crippen LogP) is 4.50. The minimum absolute atomic E-state index is 0.00164. The summed E-state index contributed by atoms with van der Waals surface area (Å²) in [5.74, 6) is -0.527. The molecule has 0 aliphatic carbocycles. The molecule has 2 heterocycles. The van der Waals surface area contributed by atoms with E-state index in [1.807, 2.05) is 0 Å². The molecule has 0 radical (unpaired) electrons. The van der Waals surface area contributed by atoms with E-state index in [1.165, 1.54) is 25.3 Å². The lowest BCUT2D eigenvalue weighted by atomic mass is 10.1. The molecule has 2 N–H and O–H groups in total. The van der Waals surface area contributed by atoms with Crippen LogP contribution in [0.3, 0.4) is 0 Å². The van der Waals surface area contributed by atoms with Crippen molar-refractivity contribution in [1.29, 1.82) is 0 Å². The second-order valence-electron chi connectivity index (χ2n) is 8.73. The zero-order chi connectivity index (χ0) is 27.5. The fourth-order valence-corrected chi connectivity index (χ4v) is 5.07. The average molecular weight is 550 g/mol. The van der Waals surface area contributed by atoms with Crippen LogP contribution in [0.5, 0.6) is 5.75 Å². The average Bonchev–Trinajstić information content (AvgIpc) is 3.41. The molecule has 0 spiro atoms. The number of amides is 1. The first kappa shape index (κ1) is 27.2. The van der Waals surface area contributed by atoms with Gasteiger partial charge in [-0.15, -0.1) is 0 Å². The zero-order valence-electron chi connectivity index (χ0n) is 20.7. The smallest absolute Gasteiger partial charge is 0.421 e. The number of halogens is 3. The minimum Gasteiger partial charge on any atom is -0.495 e. The number of anilines is 3. The Hall–Kier alpha value is -3.87. The standard InChI is InChI=1S/C25H26F3N5O4S/c1-37-20-13-16(23(34)33-11-5-6-12-33)9-10-19(20)31-24-30-15-18(25(26,27)28)22(32-24)29-14-17-7-3-4-8-21(17)38(2,35)36/h3-4,7-10,13,15H,5-6,11-12,14H2,1-2H3,(H2,29,30,31,32). The van der Waals surface area contributed by atoms with E-state index in [2.05, 4.69) is 20.6 Å². The Balaban J connectivity index is 1.61. The Bertz CT molecular complexity index is 1440. The number of methoxy groups -OCH3 is 1. The van der Waals surface area contributed by atoms with Crippen LogP contribution in [0.15, 0.2) is 53.6 Å². The highest BCUT2D eigenvalue weighted by Gasteiger charge is 2.35. The van der Waals surface area contributed by atoms with Crippen LogP contribution in [-0.2, 0) is 22.6 Å². The molecule has 13 heteroatoms. The molecule has 9 nitrogen and oxygen atoms in total. The maximum Gasteiger partial charge on any atom is 0.421 e. The molecule has 4 rings (SSSR count). The number of nitrogens with one attached hydrogen (secondary N) is 2. The maximum atomic E-state index is 13.7. The number of carbonyl (C=O) groups excluding carboxylic acids is 1. The highest BCUT2D eigenvalue weighted by atomic mass is 32.2. The summed E-state index contributed by atoms with van der Waals surface area (Å²) in [6, 6.07) is 10.7. The zero-order valence-corrected chi connectivity index (χ0v) is 21.5. The summed E-state index contributed by atoms with van der Waals surface area (Å²) < 4.78 is 70.6. The van der Waals surface area contributed by atoms with Crippen molar-refractivity contribution in [3.05, 3.63) is 65.4 Å². The number of benzene rings is 2. The molecule has 0 bridgehead atoms. The van der Waals surface area contributed by atoms with Gasteiger partial charge in [-0.25, -0.2) is 13.4 Å². The van der Waals surface area contributed by atoms with E-state index < -0.39 is 27.4 Å². The quantitative estimate of drug-likeness (QED) is 0.422. The number of likely N-dealkylation sites (tertiary alicyclic amines) is 1. The predicted molar refractivity (Wildman–Crippen MR) is 135 cm³/mol. The molecule has 3 aromatic rings.